The topological polar surface area (TPSA) is 64.1 Å². The molecule has 0 saturated heterocycles. The van der Waals surface area contributed by atoms with E-state index in [1.165, 1.54) is 5.56 Å². The third-order valence-corrected chi connectivity index (χ3v) is 4.10. The number of hydrogen-bond acceptors (Lipinski definition) is 4. The summed E-state index contributed by atoms with van der Waals surface area (Å²) in [5.41, 5.74) is 4.15. The minimum Gasteiger partial charge on any atom is -0.424 e. The number of benzene rings is 2. The van der Waals surface area contributed by atoms with Crippen molar-refractivity contribution in [2.45, 2.75) is 33.6 Å². The second-order valence-electron chi connectivity index (χ2n) is 6.79. The second kappa shape index (κ2) is 7.99. The van der Waals surface area contributed by atoms with Crippen LogP contribution >= 0.6 is 0 Å². The summed E-state index contributed by atoms with van der Waals surface area (Å²) in [5, 5.41) is 2.90. The molecular formula is C22H23N3O2. The van der Waals surface area contributed by atoms with Gasteiger partial charge in [-0.15, -0.1) is 0 Å². The molecule has 1 N–H and O–H groups in total. The largest absolute Gasteiger partial charge is 0.424 e. The SMILES string of the molecule is Cc1cc(C)nc(Oc2cccc(NC(=O)c3ccc(C(C)C)cc3)c2)n1. The van der Waals surface area contributed by atoms with E-state index < -0.39 is 0 Å². The maximum Gasteiger partial charge on any atom is 0.322 e. The van der Waals surface area contributed by atoms with Gasteiger partial charge in [-0.2, -0.15) is 0 Å². The number of amides is 1. The molecule has 0 fully saturated rings. The molecule has 1 aromatic heterocycles. The second-order valence-corrected chi connectivity index (χ2v) is 6.79. The summed E-state index contributed by atoms with van der Waals surface area (Å²) in [6, 6.07) is 17.0. The molecule has 5 heteroatoms. The molecule has 0 aliphatic heterocycles. The highest BCUT2D eigenvalue weighted by Gasteiger charge is 2.09. The van der Waals surface area contributed by atoms with Crippen molar-refractivity contribution in [2.75, 3.05) is 5.32 Å². The molecule has 0 aliphatic rings. The van der Waals surface area contributed by atoms with Crippen LogP contribution in [-0.2, 0) is 0 Å². The average molecular weight is 361 g/mol. The first-order valence-electron chi connectivity index (χ1n) is 8.92. The fourth-order valence-electron chi connectivity index (χ4n) is 2.70. The van der Waals surface area contributed by atoms with Gasteiger partial charge in [0.1, 0.15) is 5.75 Å². The Bertz CT molecular complexity index is 930. The van der Waals surface area contributed by atoms with Crippen molar-refractivity contribution < 1.29 is 9.53 Å². The van der Waals surface area contributed by atoms with Gasteiger partial charge in [0.25, 0.3) is 5.91 Å². The molecule has 1 heterocycles. The van der Waals surface area contributed by atoms with E-state index in [4.69, 9.17) is 4.74 Å². The van der Waals surface area contributed by atoms with Gasteiger partial charge in [0.2, 0.25) is 0 Å². The molecular weight excluding hydrogens is 338 g/mol. The normalized spacial score (nSPS) is 10.7. The van der Waals surface area contributed by atoms with Crippen LogP contribution in [0.15, 0.2) is 54.6 Å². The van der Waals surface area contributed by atoms with Crippen LogP contribution in [0, 0.1) is 13.8 Å². The van der Waals surface area contributed by atoms with Crippen LogP contribution in [0.25, 0.3) is 0 Å². The molecule has 0 radical (unpaired) electrons. The Morgan fingerprint density at radius 3 is 2.26 bits per heavy atom. The quantitative estimate of drug-likeness (QED) is 0.673. The van der Waals surface area contributed by atoms with Gasteiger partial charge in [0.15, 0.2) is 0 Å². The number of aromatic nitrogens is 2. The first-order chi connectivity index (χ1) is 12.9. The molecule has 0 bridgehead atoms. The van der Waals surface area contributed by atoms with Crippen molar-refractivity contribution in [3.63, 3.8) is 0 Å². The van der Waals surface area contributed by atoms with Crippen molar-refractivity contribution in [3.8, 4) is 11.8 Å². The Labute approximate surface area is 159 Å². The van der Waals surface area contributed by atoms with Gasteiger partial charge < -0.3 is 10.1 Å². The molecule has 0 atom stereocenters. The predicted molar refractivity (Wildman–Crippen MR) is 107 cm³/mol. The zero-order valence-electron chi connectivity index (χ0n) is 16.0. The number of nitrogens with zero attached hydrogens (tertiary/aromatic N) is 2. The zero-order chi connectivity index (χ0) is 19.4. The van der Waals surface area contributed by atoms with E-state index in [0.29, 0.717) is 28.9 Å². The van der Waals surface area contributed by atoms with Gasteiger partial charge in [-0.25, -0.2) is 9.97 Å². The zero-order valence-corrected chi connectivity index (χ0v) is 16.0. The predicted octanol–water partition coefficient (Wildman–Crippen LogP) is 5.26. The lowest BCUT2D eigenvalue weighted by Gasteiger charge is -2.10. The van der Waals surface area contributed by atoms with Crippen molar-refractivity contribution in [2.24, 2.45) is 0 Å². The first kappa shape index (κ1) is 18.6. The molecule has 0 saturated carbocycles. The summed E-state index contributed by atoms with van der Waals surface area (Å²) in [6.07, 6.45) is 0. The van der Waals surface area contributed by atoms with Crippen molar-refractivity contribution >= 4 is 11.6 Å². The van der Waals surface area contributed by atoms with Crippen molar-refractivity contribution in [1.82, 2.24) is 9.97 Å². The lowest BCUT2D eigenvalue weighted by atomic mass is 10.0. The van der Waals surface area contributed by atoms with Crippen LogP contribution in [0.1, 0.15) is 47.1 Å². The Kier molecular flexibility index (Phi) is 5.50. The highest BCUT2D eigenvalue weighted by atomic mass is 16.5. The minimum absolute atomic E-state index is 0.162. The number of carbonyl (C=O) groups excluding carboxylic acids is 1. The van der Waals surface area contributed by atoms with E-state index in [-0.39, 0.29) is 5.91 Å². The van der Waals surface area contributed by atoms with Gasteiger partial charge in [-0.3, -0.25) is 4.79 Å². The third kappa shape index (κ3) is 4.91. The van der Waals surface area contributed by atoms with Crippen LogP contribution in [-0.4, -0.2) is 15.9 Å². The van der Waals surface area contributed by atoms with Crippen molar-refractivity contribution in [3.05, 3.63) is 77.1 Å². The Morgan fingerprint density at radius 2 is 1.63 bits per heavy atom. The molecule has 0 unspecified atom stereocenters. The number of hydrogen-bond donors (Lipinski definition) is 1. The van der Waals surface area contributed by atoms with Gasteiger partial charge in [-0.1, -0.05) is 32.0 Å². The van der Waals surface area contributed by atoms with Gasteiger partial charge in [0, 0.05) is 28.7 Å². The van der Waals surface area contributed by atoms with Gasteiger partial charge >= 0.3 is 6.01 Å². The number of nitrogens with one attached hydrogen (secondary N) is 1. The Hall–Kier alpha value is -3.21. The lowest BCUT2D eigenvalue weighted by Crippen LogP contribution is -2.11. The maximum absolute atomic E-state index is 12.5. The van der Waals surface area contributed by atoms with Crippen LogP contribution in [0.4, 0.5) is 5.69 Å². The molecule has 1 amide bonds. The number of ether oxygens (including phenoxy) is 1. The highest BCUT2D eigenvalue weighted by molar-refractivity contribution is 6.04. The molecule has 5 nitrogen and oxygen atoms in total. The molecule has 138 valence electrons. The van der Waals surface area contributed by atoms with E-state index in [2.05, 4.69) is 29.1 Å². The fourth-order valence-corrected chi connectivity index (χ4v) is 2.70. The fraction of sp³-hybridized carbons (Fsp3) is 0.227. The number of aryl methyl sites for hydroxylation is 2. The van der Waals surface area contributed by atoms with Crippen LogP contribution in [0.5, 0.6) is 11.8 Å². The standard InChI is InChI=1S/C22H23N3O2/c1-14(2)17-8-10-18(11-9-17)21(26)25-19-6-5-7-20(13-19)27-22-23-15(3)12-16(4)24-22/h5-14H,1-4H3,(H,25,26). The van der Waals surface area contributed by atoms with E-state index in [0.717, 1.165) is 11.4 Å². The Balaban J connectivity index is 1.72. The lowest BCUT2D eigenvalue weighted by molar-refractivity contribution is 0.102. The van der Waals surface area contributed by atoms with E-state index in [1.807, 2.05) is 56.3 Å². The van der Waals surface area contributed by atoms with Gasteiger partial charge in [0.05, 0.1) is 0 Å². The summed E-state index contributed by atoms with van der Waals surface area (Å²) >= 11 is 0. The summed E-state index contributed by atoms with van der Waals surface area (Å²) in [5.74, 6) is 0.835. The molecule has 0 aliphatic carbocycles. The molecule has 3 rings (SSSR count). The van der Waals surface area contributed by atoms with Gasteiger partial charge in [-0.05, 0) is 55.7 Å². The van der Waals surface area contributed by atoms with Crippen molar-refractivity contribution in [1.29, 1.82) is 0 Å². The molecule has 27 heavy (non-hydrogen) atoms. The van der Waals surface area contributed by atoms with E-state index in [1.54, 1.807) is 12.1 Å². The summed E-state index contributed by atoms with van der Waals surface area (Å²) in [4.78, 5) is 21.0. The summed E-state index contributed by atoms with van der Waals surface area (Å²) in [6.45, 7) is 8.03. The minimum atomic E-state index is -0.162. The first-order valence-corrected chi connectivity index (χ1v) is 8.92. The van der Waals surface area contributed by atoms with Crippen LogP contribution in [0.2, 0.25) is 0 Å². The number of carbonyl (C=O) groups is 1. The monoisotopic (exact) mass is 361 g/mol. The summed E-state index contributed by atoms with van der Waals surface area (Å²) < 4.78 is 5.74. The molecule has 0 spiro atoms. The highest BCUT2D eigenvalue weighted by Crippen LogP contribution is 2.23. The number of rotatable bonds is 5. The van der Waals surface area contributed by atoms with Crippen LogP contribution < -0.4 is 10.1 Å². The molecule has 2 aromatic carbocycles. The molecule has 3 aromatic rings. The van der Waals surface area contributed by atoms with E-state index >= 15 is 0 Å². The van der Waals surface area contributed by atoms with E-state index in [9.17, 15) is 4.79 Å². The maximum atomic E-state index is 12.5. The van der Waals surface area contributed by atoms with Crippen LogP contribution in [0.3, 0.4) is 0 Å². The Morgan fingerprint density at radius 1 is 0.963 bits per heavy atom. The summed E-state index contributed by atoms with van der Waals surface area (Å²) in [7, 11) is 0. The smallest absolute Gasteiger partial charge is 0.322 e. The average Bonchev–Trinajstić information content (AvgIpc) is 2.61. The third-order valence-electron chi connectivity index (χ3n) is 4.10. The number of anilines is 1.